The van der Waals surface area contributed by atoms with E-state index in [4.69, 9.17) is 4.74 Å². The third-order valence-electron chi connectivity index (χ3n) is 3.76. The number of nitrogens with zero attached hydrogens (tertiary/aromatic N) is 2. The first-order valence-electron chi connectivity index (χ1n) is 7.53. The predicted octanol–water partition coefficient (Wildman–Crippen LogP) is 2.45. The van der Waals surface area contributed by atoms with Gasteiger partial charge in [0.05, 0.1) is 0 Å². The van der Waals surface area contributed by atoms with Gasteiger partial charge in [0.2, 0.25) is 0 Å². The second kappa shape index (κ2) is 7.41. The number of carbonyl (C=O) groups excluding carboxylic acids is 1. The Hall–Kier alpha value is -2.15. The highest BCUT2D eigenvalue weighted by Gasteiger charge is 2.26. The molecule has 1 aromatic carbocycles. The molecule has 1 amide bonds. The van der Waals surface area contributed by atoms with Crippen LogP contribution in [0.15, 0.2) is 35.8 Å². The molecule has 5 nitrogen and oxygen atoms in total. The van der Waals surface area contributed by atoms with Gasteiger partial charge in [0.15, 0.2) is 11.7 Å². The van der Waals surface area contributed by atoms with Crippen LogP contribution >= 0.6 is 11.3 Å². The number of halogens is 1. The summed E-state index contributed by atoms with van der Waals surface area (Å²) < 4.78 is 18.1. The van der Waals surface area contributed by atoms with Crippen molar-refractivity contribution < 1.29 is 13.9 Å². The summed E-state index contributed by atoms with van der Waals surface area (Å²) in [6.07, 6.45) is 3.94. The lowest BCUT2D eigenvalue weighted by molar-refractivity contribution is -0.123. The second-order valence-electron chi connectivity index (χ2n) is 5.35. The number of rotatable bonds is 6. The van der Waals surface area contributed by atoms with Crippen LogP contribution in [0.1, 0.15) is 12.8 Å². The molecule has 0 unspecified atom stereocenters. The van der Waals surface area contributed by atoms with Crippen LogP contribution in [0.3, 0.4) is 0 Å². The first-order chi connectivity index (χ1) is 11.2. The van der Waals surface area contributed by atoms with Crippen molar-refractivity contribution >= 4 is 22.4 Å². The number of amides is 1. The maximum atomic E-state index is 12.8. The Labute approximate surface area is 138 Å². The fraction of sp³-hybridized carbons (Fsp3) is 0.375. The molecule has 0 radical (unpaired) electrons. The molecule has 7 heteroatoms. The largest absolute Gasteiger partial charge is 0.484 e. The van der Waals surface area contributed by atoms with Crippen LogP contribution in [0.5, 0.6) is 5.75 Å². The van der Waals surface area contributed by atoms with E-state index in [1.807, 2.05) is 5.38 Å². The zero-order valence-corrected chi connectivity index (χ0v) is 13.4. The van der Waals surface area contributed by atoms with E-state index in [0.29, 0.717) is 12.3 Å². The number of hydrogen-bond acceptors (Lipinski definition) is 5. The van der Waals surface area contributed by atoms with E-state index in [-0.39, 0.29) is 24.4 Å². The van der Waals surface area contributed by atoms with Crippen LogP contribution in [0, 0.1) is 5.82 Å². The molecule has 2 heterocycles. The molecule has 0 bridgehead atoms. The molecule has 0 spiro atoms. The number of hydrogen-bond donors (Lipinski definition) is 1. The Kier molecular flexibility index (Phi) is 5.07. The second-order valence-corrected chi connectivity index (χ2v) is 6.22. The van der Waals surface area contributed by atoms with Crippen molar-refractivity contribution in [3.63, 3.8) is 0 Å². The zero-order chi connectivity index (χ0) is 16.1. The van der Waals surface area contributed by atoms with Gasteiger partial charge in [-0.3, -0.25) is 4.79 Å². The number of nitrogens with one attached hydrogen (secondary N) is 1. The average Bonchev–Trinajstić information content (AvgIpc) is 3.23. The summed E-state index contributed by atoms with van der Waals surface area (Å²) in [4.78, 5) is 18.5. The Morgan fingerprint density at radius 3 is 3.00 bits per heavy atom. The molecule has 1 fully saturated rings. The topological polar surface area (TPSA) is 54.5 Å². The normalized spacial score (nSPS) is 17.3. The summed E-state index contributed by atoms with van der Waals surface area (Å²) in [6, 6.07) is 5.89. The van der Waals surface area contributed by atoms with Gasteiger partial charge in [-0.05, 0) is 37.1 Å². The van der Waals surface area contributed by atoms with Crippen molar-refractivity contribution in [2.24, 2.45) is 0 Å². The monoisotopic (exact) mass is 335 g/mol. The van der Waals surface area contributed by atoms with E-state index in [2.05, 4.69) is 15.2 Å². The number of aromatic nitrogens is 1. The molecule has 1 aliphatic heterocycles. The molecule has 3 rings (SSSR count). The molecule has 1 N–H and O–H groups in total. The number of carbonyl (C=O) groups is 1. The highest BCUT2D eigenvalue weighted by molar-refractivity contribution is 7.13. The molecular formula is C16H18FN3O2S. The van der Waals surface area contributed by atoms with E-state index < -0.39 is 0 Å². The molecule has 122 valence electrons. The van der Waals surface area contributed by atoms with Gasteiger partial charge in [0, 0.05) is 30.7 Å². The minimum atomic E-state index is -0.328. The lowest BCUT2D eigenvalue weighted by Crippen LogP contribution is -2.41. The molecule has 2 aromatic rings. The van der Waals surface area contributed by atoms with Gasteiger partial charge in [-0.2, -0.15) is 0 Å². The average molecular weight is 335 g/mol. The third-order valence-corrected chi connectivity index (χ3v) is 4.57. The maximum absolute atomic E-state index is 12.8. The lowest BCUT2D eigenvalue weighted by atomic mass is 10.2. The van der Waals surface area contributed by atoms with Crippen LogP contribution in [-0.4, -0.2) is 36.6 Å². The van der Waals surface area contributed by atoms with Gasteiger partial charge in [0.1, 0.15) is 11.6 Å². The standard InChI is InChI=1S/C16H18FN3O2S/c17-12-3-5-14(6-4-12)22-11-15(21)19-10-13-2-1-8-20(13)16-18-7-9-23-16/h3-7,9,13H,1-2,8,10-11H2,(H,19,21)/t13-/m0/s1. The van der Waals surface area contributed by atoms with Gasteiger partial charge < -0.3 is 15.0 Å². The summed E-state index contributed by atoms with van der Waals surface area (Å²) >= 11 is 1.61. The fourth-order valence-electron chi connectivity index (χ4n) is 2.62. The lowest BCUT2D eigenvalue weighted by Gasteiger charge is -2.24. The van der Waals surface area contributed by atoms with E-state index in [9.17, 15) is 9.18 Å². The Morgan fingerprint density at radius 2 is 2.26 bits per heavy atom. The molecule has 1 aliphatic rings. The number of ether oxygens (including phenoxy) is 1. The summed E-state index contributed by atoms with van der Waals surface area (Å²) in [5.74, 6) is -0.0301. The van der Waals surface area contributed by atoms with Gasteiger partial charge in [-0.25, -0.2) is 9.37 Å². The summed E-state index contributed by atoms with van der Waals surface area (Å²) in [5, 5.41) is 5.86. The van der Waals surface area contributed by atoms with E-state index in [1.54, 1.807) is 17.5 Å². The van der Waals surface area contributed by atoms with Crippen LogP contribution in [0.4, 0.5) is 9.52 Å². The van der Waals surface area contributed by atoms with Gasteiger partial charge in [-0.15, -0.1) is 11.3 Å². The van der Waals surface area contributed by atoms with E-state index in [1.165, 1.54) is 24.3 Å². The maximum Gasteiger partial charge on any atom is 0.258 e. The van der Waals surface area contributed by atoms with Gasteiger partial charge in [0.25, 0.3) is 5.91 Å². The van der Waals surface area contributed by atoms with Crippen molar-refractivity contribution in [3.05, 3.63) is 41.7 Å². The van der Waals surface area contributed by atoms with Crippen LogP contribution in [0.2, 0.25) is 0 Å². The first kappa shape index (κ1) is 15.7. The Bertz CT molecular complexity index is 633. The van der Waals surface area contributed by atoms with Crippen molar-refractivity contribution in [2.45, 2.75) is 18.9 Å². The Morgan fingerprint density at radius 1 is 1.43 bits per heavy atom. The predicted molar refractivity (Wildman–Crippen MR) is 87.4 cm³/mol. The van der Waals surface area contributed by atoms with Gasteiger partial charge >= 0.3 is 0 Å². The summed E-state index contributed by atoms with van der Waals surface area (Å²) in [7, 11) is 0. The minimum absolute atomic E-state index is 0.0738. The fourth-order valence-corrected chi connectivity index (χ4v) is 3.36. The van der Waals surface area contributed by atoms with E-state index in [0.717, 1.165) is 24.5 Å². The SMILES string of the molecule is O=C(COc1ccc(F)cc1)NC[C@@H]1CCCN1c1nccs1. The number of thiazole rings is 1. The minimum Gasteiger partial charge on any atom is -0.484 e. The van der Waals surface area contributed by atoms with Crippen molar-refractivity contribution in [1.82, 2.24) is 10.3 Å². The van der Waals surface area contributed by atoms with Crippen molar-refractivity contribution in [2.75, 3.05) is 24.6 Å². The molecule has 0 aliphatic carbocycles. The number of anilines is 1. The quantitative estimate of drug-likeness (QED) is 0.881. The molecule has 0 saturated carbocycles. The van der Waals surface area contributed by atoms with Crippen molar-refractivity contribution in [3.8, 4) is 5.75 Å². The van der Waals surface area contributed by atoms with E-state index >= 15 is 0 Å². The Balaban J connectivity index is 1.44. The van der Waals surface area contributed by atoms with Crippen LogP contribution in [0.25, 0.3) is 0 Å². The number of benzene rings is 1. The molecule has 1 saturated heterocycles. The van der Waals surface area contributed by atoms with Crippen LogP contribution < -0.4 is 15.0 Å². The van der Waals surface area contributed by atoms with Crippen molar-refractivity contribution in [1.29, 1.82) is 0 Å². The molecule has 1 atom stereocenters. The third kappa shape index (κ3) is 4.19. The first-order valence-corrected chi connectivity index (χ1v) is 8.41. The molecular weight excluding hydrogens is 317 g/mol. The molecule has 23 heavy (non-hydrogen) atoms. The van der Waals surface area contributed by atoms with Gasteiger partial charge in [-0.1, -0.05) is 0 Å². The smallest absolute Gasteiger partial charge is 0.258 e. The highest BCUT2D eigenvalue weighted by Crippen LogP contribution is 2.26. The summed E-state index contributed by atoms with van der Waals surface area (Å²) in [5.41, 5.74) is 0. The highest BCUT2D eigenvalue weighted by atomic mass is 32.1. The zero-order valence-electron chi connectivity index (χ0n) is 12.6. The summed E-state index contributed by atoms with van der Waals surface area (Å²) in [6.45, 7) is 1.47. The molecule has 1 aromatic heterocycles. The van der Waals surface area contributed by atoms with Crippen LogP contribution in [-0.2, 0) is 4.79 Å².